The molecular weight excluding hydrogens is 357 g/mol. The first-order valence-electron chi connectivity index (χ1n) is 6.96. The van der Waals surface area contributed by atoms with Crippen molar-refractivity contribution >= 4 is 40.7 Å². The minimum Gasteiger partial charge on any atom is -0.349 e. The lowest BCUT2D eigenvalue weighted by Gasteiger charge is -2.25. The van der Waals surface area contributed by atoms with Crippen molar-refractivity contribution in [2.45, 2.75) is 23.6 Å². The van der Waals surface area contributed by atoms with Crippen LogP contribution >= 0.6 is 34.8 Å². The van der Waals surface area contributed by atoms with E-state index in [0.29, 0.717) is 5.56 Å². The number of hydrogen-bond donors (Lipinski definition) is 1. The number of halogens is 3. The number of rotatable bonds is 5. The second-order valence-corrected chi connectivity index (χ2v) is 7.43. The van der Waals surface area contributed by atoms with Gasteiger partial charge in [0.1, 0.15) is 0 Å². The number of amides is 1. The van der Waals surface area contributed by atoms with Crippen LogP contribution in [-0.2, 0) is 11.3 Å². The lowest BCUT2D eigenvalue weighted by Crippen LogP contribution is -2.45. The Labute approximate surface area is 150 Å². The molecule has 2 aromatic carbocycles. The van der Waals surface area contributed by atoms with Crippen molar-refractivity contribution in [1.29, 1.82) is 0 Å². The summed E-state index contributed by atoms with van der Waals surface area (Å²) < 4.78 is 3.80. The van der Waals surface area contributed by atoms with E-state index >= 15 is 0 Å². The highest BCUT2D eigenvalue weighted by molar-refractivity contribution is 6.68. The highest BCUT2D eigenvalue weighted by Gasteiger charge is 2.35. The Morgan fingerprint density at radius 2 is 1.70 bits per heavy atom. The number of aryl methyl sites for hydroxylation is 1. The number of nitrogens with one attached hydrogen (secondary N) is 1. The molecule has 1 amide bonds. The third-order valence-corrected chi connectivity index (χ3v) is 3.73. The zero-order valence-electron chi connectivity index (χ0n) is 12.4. The van der Waals surface area contributed by atoms with E-state index in [9.17, 15) is 4.79 Å². The van der Waals surface area contributed by atoms with Crippen molar-refractivity contribution in [3.63, 3.8) is 0 Å². The predicted molar refractivity (Wildman–Crippen MR) is 94.0 cm³/mol. The molecule has 0 aliphatic carbocycles. The van der Waals surface area contributed by atoms with Crippen LogP contribution in [0.15, 0.2) is 54.6 Å². The van der Waals surface area contributed by atoms with Crippen LogP contribution in [0.4, 0.5) is 0 Å². The van der Waals surface area contributed by atoms with Crippen LogP contribution in [0.1, 0.15) is 21.5 Å². The van der Waals surface area contributed by atoms with Gasteiger partial charge in [-0.15, -0.1) is 0 Å². The minimum atomic E-state index is -1.78. The Hall–Kier alpha value is -1.26. The molecule has 2 rings (SSSR count). The fraction of sp³-hybridized carbons (Fsp3) is 0.235. The van der Waals surface area contributed by atoms with E-state index in [1.807, 2.05) is 49.4 Å². The van der Waals surface area contributed by atoms with Crippen LogP contribution in [0.25, 0.3) is 0 Å². The third kappa shape index (κ3) is 5.70. The molecule has 0 aromatic heterocycles. The van der Waals surface area contributed by atoms with E-state index in [0.717, 1.165) is 11.1 Å². The van der Waals surface area contributed by atoms with Crippen molar-refractivity contribution < 1.29 is 9.53 Å². The first kappa shape index (κ1) is 18.1. The summed E-state index contributed by atoms with van der Waals surface area (Å²) in [4.78, 5) is 12.3. The average Bonchev–Trinajstić information content (AvgIpc) is 2.51. The van der Waals surface area contributed by atoms with Crippen LogP contribution in [0.3, 0.4) is 0 Å². The zero-order valence-corrected chi connectivity index (χ0v) is 14.7. The van der Waals surface area contributed by atoms with E-state index in [-0.39, 0.29) is 12.5 Å². The average molecular weight is 373 g/mol. The lowest BCUT2D eigenvalue weighted by atomic mass is 10.1. The molecule has 1 unspecified atom stereocenters. The van der Waals surface area contributed by atoms with Gasteiger partial charge in [0.25, 0.3) is 5.91 Å². The quantitative estimate of drug-likeness (QED) is 0.613. The normalized spacial score (nSPS) is 12.7. The molecule has 0 aliphatic heterocycles. The maximum atomic E-state index is 12.3. The van der Waals surface area contributed by atoms with Gasteiger partial charge in [0.05, 0.1) is 6.61 Å². The predicted octanol–water partition coefficient (Wildman–Crippen LogP) is 4.64. The monoisotopic (exact) mass is 371 g/mol. The summed E-state index contributed by atoms with van der Waals surface area (Å²) in [5, 5.41) is 2.61. The molecule has 1 atom stereocenters. The van der Waals surface area contributed by atoms with Crippen LogP contribution in [0.2, 0.25) is 0 Å². The SMILES string of the molecule is Cc1ccc(C(=O)NC(OCc2ccccc2)C(Cl)(Cl)Cl)cc1. The Bertz CT molecular complexity index is 639. The van der Waals surface area contributed by atoms with Gasteiger partial charge < -0.3 is 10.1 Å². The molecule has 0 heterocycles. The van der Waals surface area contributed by atoms with Gasteiger partial charge in [-0.3, -0.25) is 4.79 Å². The summed E-state index contributed by atoms with van der Waals surface area (Å²) in [6.07, 6.45) is -1.07. The first-order valence-corrected chi connectivity index (χ1v) is 8.09. The van der Waals surface area contributed by atoms with E-state index < -0.39 is 10.0 Å². The van der Waals surface area contributed by atoms with Gasteiger partial charge in [-0.25, -0.2) is 0 Å². The molecule has 0 saturated carbocycles. The zero-order chi connectivity index (χ0) is 16.9. The summed E-state index contributed by atoms with van der Waals surface area (Å²) in [7, 11) is 0. The molecule has 0 bridgehead atoms. The molecule has 0 radical (unpaired) electrons. The van der Waals surface area contributed by atoms with Gasteiger partial charge in [-0.2, -0.15) is 0 Å². The van der Waals surface area contributed by atoms with Crippen LogP contribution in [-0.4, -0.2) is 15.9 Å². The molecular formula is C17H16Cl3NO2. The maximum absolute atomic E-state index is 12.3. The van der Waals surface area contributed by atoms with Crippen molar-refractivity contribution in [1.82, 2.24) is 5.32 Å². The summed E-state index contributed by atoms with van der Waals surface area (Å²) in [6.45, 7) is 2.16. The molecule has 2 aromatic rings. The number of carbonyl (C=O) groups excluding carboxylic acids is 1. The number of carbonyl (C=O) groups is 1. The fourth-order valence-electron chi connectivity index (χ4n) is 1.88. The summed E-state index contributed by atoms with van der Waals surface area (Å²) >= 11 is 17.7. The van der Waals surface area contributed by atoms with Crippen LogP contribution < -0.4 is 5.32 Å². The number of alkyl halides is 3. The Balaban J connectivity index is 2.04. The van der Waals surface area contributed by atoms with Gasteiger partial charge in [-0.05, 0) is 24.6 Å². The summed E-state index contributed by atoms with van der Waals surface area (Å²) in [6, 6.07) is 16.5. The van der Waals surface area contributed by atoms with Crippen LogP contribution in [0.5, 0.6) is 0 Å². The third-order valence-electron chi connectivity index (χ3n) is 3.13. The molecule has 0 spiro atoms. The lowest BCUT2D eigenvalue weighted by molar-refractivity contribution is 0.0199. The maximum Gasteiger partial charge on any atom is 0.253 e. The van der Waals surface area contributed by atoms with E-state index in [4.69, 9.17) is 39.5 Å². The van der Waals surface area contributed by atoms with Gasteiger partial charge >= 0.3 is 0 Å². The highest BCUT2D eigenvalue weighted by Crippen LogP contribution is 2.31. The number of ether oxygens (including phenoxy) is 1. The molecule has 0 aliphatic rings. The standard InChI is InChI=1S/C17H16Cl3NO2/c1-12-7-9-14(10-8-12)15(22)21-16(17(18,19)20)23-11-13-5-3-2-4-6-13/h2-10,16H,11H2,1H3,(H,21,22). The van der Waals surface area contributed by atoms with Crippen molar-refractivity contribution in [3.8, 4) is 0 Å². The van der Waals surface area contributed by atoms with E-state index in [1.165, 1.54) is 0 Å². The summed E-state index contributed by atoms with van der Waals surface area (Å²) in [5.41, 5.74) is 2.44. The molecule has 0 saturated heterocycles. The number of hydrogen-bond acceptors (Lipinski definition) is 2. The highest BCUT2D eigenvalue weighted by atomic mass is 35.6. The van der Waals surface area contributed by atoms with Gasteiger partial charge in [0, 0.05) is 5.56 Å². The van der Waals surface area contributed by atoms with E-state index in [2.05, 4.69) is 5.32 Å². The van der Waals surface area contributed by atoms with Gasteiger partial charge in [-0.1, -0.05) is 82.8 Å². The second kappa shape index (κ2) is 8.02. The molecule has 1 N–H and O–H groups in total. The van der Waals surface area contributed by atoms with Crippen molar-refractivity contribution in [3.05, 3.63) is 71.3 Å². The molecule has 23 heavy (non-hydrogen) atoms. The minimum absolute atomic E-state index is 0.216. The molecule has 122 valence electrons. The molecule has 0 fully saturated rings. The smallest absolute Gasteiger partial charge is 0.253 e. The van der Waals surface area contributed by atoms with Gasteiger partial charge in [0.2, 0.25) is 3.79 Å². The van der Waals surface area contributed by atoms with Crippen molar-refractivity contribution in [2.24, 2.45) is 0 Å². The number of benzene rings is 2. The fourth-order valence-corrected chi connectivity index (χ4v) is 2.23. The second-order valence-electron chi connectivity index (χ2n) is 5.06. The van der Waals surface area contributed by atoms with E-state index in [1.54, 1.807) is 12.1 Å². The van der Waals surface area contributed by atoms with Gasteiger partial charge in [0.15, 0.2) is 6.23 Å². The summed E-state index contributed by atoms with van der Waals surface area (Å²) in [5.74, 6) is -0.366. The molecule has 3 nitrogen and oxygen atoms in total. The Morgan fingerprint density at radius 3 is 2.26 bits per heavy atom. The van der Waals surface area contributed by atoms with Crippen molar-refractivity contribution in [2.75, 3.05) is 0 Å². The topological polar surface area (TPSA) is 38.3 Å². The Morgan fingerprint density at radius 1 is 1.09 bits per heavy atom. The Kier molecular flexibility index (Phi) is 6.31. The van der Waals surface area contributed by atoms with Crippen LogP contribution in [0, 0.1) is 6.92 Å². The molecule has 6 heteroatoms. The largest absolute Gasteiger partial charge is 0.349 e. The first-order chi connectivity index (χ1) is 10.9.